The van der Waals surface area contributed by atoms with Gasteiger partial charge in [0.2, 0.25) is 0 Å². The van der Waals surface area contributed by atoms with E-state index in [1.54, 1.807) is 16.7 Å². The molecule has 6 nitrogen and oxygen atoms in total. The molecule has 0 saturated carbocycles. The minimum absolute atomic E-state index is 0.811. The van der Waals surface area contributed by atoms with Gasteiger partial charge in [-0.05, 0) is 81.6 Å². The minimum atomic E-state index is 0.811. The van der Waals surface area contributed by atoms with E-state index in [9.17, 15) is 0 Å². The zero-order valence-electron chi connectivity index (χ0n) is 21.5. The number of nitrogens with one attached hydrogen (secondary N) is 1. The molecule has 2 heterocycles. The molecule has 0 spiro atoms. The Balaban J connectivity index is 1.20. The molecule has 0 amide bonds. The maximum absolute atomic E-state index is 4.96. The van der Waals surface area contributed by atoms with Crippen LogP contribution in [0.1, 0.15) is 41.8 Å². The van der Waals surface area contributed by atoms with Crippen molar-refractivity contribution in [1.29, 1.82) is 0 Å². The number of benzene rings is 2. The molecule has 2 aromatic carbocycles. The van der Waals surface area contributed by atoms with Crippen molar-refractivity contribution in [2.24, 2.45) is 0 Å². The van der Waals surface area contributed by atoms with Gasteiger partial charge in [-0.3, -0.25) is 9.80 Å². The maximum Gasteiger partial charge on any atom is 0.145 e. The molecule has 1 aliphatic carbocycles. The highest BCUT2D eigenvalue weighted by Crippen LogP contribution is 2.26. The molecule has 1 N–H and O–H groups in total. The predicted octanol–water partition coefficient (Wildman–Crippen LogP) is 4.19. The average Bonchev–Trinajstić information content (AvgIpc) is 2.88. The lowest BCUT2D eigenvalue weighted by atomic mass is 9.88. The van der Waals surface area contributed by atoms with Crippen LogP contribution in [0.25, 0.3) is 10.9 Å². The lowest BCUT2D eigenvalue weighted by Gasteiger charge is -2.35. The third kappa shape index (κ3) is 6.18. The molecule has 0 bridgehead atoms. The van der Waals surface area contributed by atoms with Crippen molar-refractivity contribution in [2.75, 3.05) is 58.7 Å². The number of nitrogens with zero attached hydrogens (tertiary/aromatic N) is 5. The molecule has 35 heavy (non-hydrogen) atoms. The van der Waals surface area contributed by atoms with Crippen LogP contribution in [-0.2, 0) is 25.9 Å². The molecule has 0 atom stereocenters. The largest absolute Gasteiger partial charge is 0.369 e. The highest BCUT2D eigenvalue weighted by Gasteiger charge is 2.21. The molecular weight excluding hydrogens is 432 g/mol. The lowest BCUT2D eigenvalue weighted by molar-refractivity contribution is 0.119. The summed E-state index contributed by atoms with van der Waals surface area (Å²) in [5.74, 6) is 1.89. The zero-order valence-corrected chi connectivity index (χ0v) is 21.5. The van der Waals surface area contributed by atoms with E-state index in [0.29, 0.717) is 0 Å². The number of hydrogen-bond acceptors (Lipinski definition) is 6. The van der Waals surface area contributed by atoms with Gasteiger partial charge in [-0.15, -0.1) is 0 Å². The van der Waals surface area contributed by atoms with Crippen LogP contribution in [0.4, 0.5) is 5.82 Å². The van der Waals surface area contributed by atoms with E-state index in [-0.39, 0.29) is 0 Å². The molecule has 0 radical (unpaired) electrons. The second-order valence-corrected chi connectivity index (χ2v) is 10.4. The van der Waals surface area contributed by atoms with Gasteiger partial charge in [0.1, 0.15) is 11.6 Å². The van der Waals surface area contributed by atoms with Crippen molar-refractivity contribution < 1.29 is 0 Å². The monoisotopic (exact) mass is 472 g/mol. The van der Waals surface area contributed by atoms with E-state index in [0.717, 1.165) is 81.3 Å². The topological polar surface area (TPSA) is 47.5 Å². The van der Waals surface area contributed by atoms with E-state index in [1.165, 1.54) is 25.7 Å². The minimum Gasteiger partial charge on any atom is -0.369 e. The standard InChI is InChI=1S/C29H40N6/c1-33(2)16-8-15-30-29-26-13-5-6-14-27(26)31-28(32-29)22-35-19-17-34(18-20-35)21-24-11-7-10-23-9-3-4-12-25(23)24/h5-7,10-11,13-14H,3-4,8-9,12,15-22H2,1-2H3,(H,30,31,32). The first-order valence-corrected chi connectivity index (χ1v) is 13.3. The molecule has 2 aliphatic rings. The average molecular weight is 473 g/mol. The lowest BCUT2D eigenvalue weighted by Crippen LogP contribution is -2.45. The molecule has 5 rings (SSSR count). The first-order chi connectivity index (χ1) is 17.2. The van der Waals surface area contributed by atoms with Crippen molar-refractivity contribution in [1.82, 2.24) is 24.7 Å². The van der Waals surface area contributed by atoms with Crippen molar-refractivity contribution in [3.8, 4) is 0 Å². The molecule has 1 aliphatic heterocycles. The Morgan fingerprint density at radius 2 is 1.63 bits per heavy atom. The van der Waals surface area contributed by atoms with Gasteiger partial charge in [0.05, 0.1) is 12.1 Å². The van der Waals surface area contributed by atoms with Crippen LogP contribution in [0.15, 0.2) is 42.5 Å². The summed E-state index contributed by atoms with van der Waals surface area (Å²) in [5.41, 5.74) is 5.81. The highest BCUT2D eigenvalue weighted by atomic mass is 15.3. The van der Waals surface area contributed by atoms with Gasteiger partial charge in [0, 0.05) is 44.7 Å². The summed E-state index contributed by atoms with van der Waals surface area (Å²) >= 11 is 0. The van der Waals surface area contributed by atoms with Gasteiger partial charge >= 0.3 is 0 Å². The number of hydrogen-bond donors (Lipinski definition) is 1. The Bertz CT molecular complexity index is 1120. The smallest absolute Gasteiger partial charge is 0.145 e. The first-order valence-electron chi connectivity index (χ1n) is 13.3. The molecular formula is C29H40N6. The number of piperazine rings is 1. The Morgan fingerprint density at radius 1 is 0.857 bits per heavy atom. The third-order valence-electron chi connectivity index (χ3n) is 7.44. The fraction of sp³-hybridized carbons (Fsp3) is 0.517. The molecule has 1 saturated heterocycles. The molecule has 0 unspecified atom stereocenters. The summed E-state index contributed by atoms with van der Waals surface area (Å²) in [6.07, 6.45) is 6.30. The molecule has 186 valence electrons. The first kappa shape index (κ1) is 24.2. The van der Waals surface area contributed by atoms with Gasteiger partial charge in [0.15, 0.2) is 0 Å². The summed E-state index contributed by atoms with van der Waals surface area (Å²) in [4.78, 5) is 17.2. The SMILES string of the molecule is CN(C)CCCNc1nc(CN2CCN(Cc3cccc4c3CCCC4)CC2)nc2ccccc12. The Kier molecular flexibility index (Phi) is 7.92. The Morgan fingerprint density at radius 3 is 2.46 bits per heavy atom. The van der Waals surface area contributed by atoms with Gasteiger partial charge in [0.25, 0.3) is 0 Å². The van der Waals surface area contributed by atoms with Crippen LogP contribution in [-0.4, -0.2) is 78.0 Å². The van der Waals surface area contributed by atoms with Crippen LogP contribution in [0, 0.1) is 0 Å². The van der Waals surface area contributed by atoms with Gasteiger partial charge in [-0.25, -0.2) is 9.97 Å². The van der Waals surface area contributed by atoms with E-state index in [2.05, 4.69) is 76.6 Å². The number of para-hydroxylation sites is 1. The van der Waals surface area contributed by atoms with Crippen LogP contribution in [0.5, 0.6) is 0 Å². The van der Waals surface area contributed by atoms with E-state index >= 15 is 0 Å². The summed E-state index contributed by atoms with van der Waals surface area (Å²) in [7, 11) is 4.23. The van der Waals surface area contributed by atoms with Crippen LogP contribution in [0.3, 0.4) is 0 Å². The fourth-order valence-corrected chi connectivity index (χ4v) is 5.49. The van der Waals surface area contributed by atoms with E-state index < -0.39 is 0 Å². The van der Waals surface area contributed by atoms with Crippen molar-refractivity contribution in [3.05, 3.63) is 65.0 Å². The Hall–Kier alpha value is -2.54. The van der Waals surface area contributed by atoms with Gasteiger partial charge in [-0.2, -0.15) is 0 Å². The second kappa shape index (κ2) is 11.5. The predicted molar refractivity (Wildman–Crippen MR) is 145 cm³/mol. The molecule has 1 fully saturated rings. The summed E-state index contributed by atoms with van der Waals surface area (Å²) < 4.78 is 0. The van der Waals surface area contributed by atoms with Crippen molar-refractivity contribution in [3.63, 3.8) is 0 Å². The summed E-state index contributed by atoms with van der Waals surface area (Å²) in [6.45, 7) is 8.23. The normalized spacial score (nSPS) is 17.1. The second-order valence-electron chi connectivity index (χ2n) is 10.4. The van der Waals surface area contributed by atoms with Crippen LogP contribution >= 0.6 is 0 Å². The number of aryl methyl sites for hydroxylation is 1. The number of aromatic nitrogens is 2. The summed E-state index contributed by atoms with van der Waals surface area (Å²) in [6, 6.07) is 15.3. The van der Waals surface area contributed by atoms with Crippen LogP contribution < -0.4 is 5.32 Å². The van der Waals surface area contributed by atoms with E-state index in [1.807, 2.05) is 0 Å². The number of fused-ring (bicyclic) bond motifs is 2. The third-order valence-corrected chi connectivity index (χ3v) is 7.44. The molecule has 6 heteroatoms. The fourth-order valence-electron chi connectivity index (χ4n) is 5.49. The Labute approximate surface area is 210 Å². The molecule has 1 aromatic heterocycles. The number of anilines is 1. The van der Waals surface area contributed by atoms with Gasteiger partial charge < -0.3 is 10.2 Å². The summed E-state index contributed by atoms with van der Waals surface area (Å²) in [5, 5.41) is 4.68. The van der Waals surface area contributed by atoms with Crippen molar-refractivity contribution >= 4 is 16.7 Å². The van der Waals surface area contributed by atoms with Gasteiger partial charge in [-0.1, -0.05) is 30.3 Å². The molecule has 3 aromatic rings. The zero-order chi connectivity index (χ0) is 24.0. The van der Waals surface area contributed by atoms with Crippen LogP contribution in [0.2, 0.25) is 0 Å². The number of rotatable bonds is 9. The maximum atomic E-state index is 4.96. The van der Waals surface area contributed by atoms with E-state index in [4.69, 9.17) is 9.97 Å². The highest BCUT2D eigenvalue weighted by molar-refractivity contribution is 5.88. The quantitative estimate of drug-likeness (QED) is 0.471. The van der Waals surface area contributed by atoms with Crippen molar-refractivity contribution in [2.45, 2.75) is 45.2 Å².